The number of non-ortho nitro benzene ring substituents is 1. The number of nitrogens with zero attached hydrogens (tertiary/aromatic N) is 1. The van der Waals surface area contributed by atoms with E-state index < -0.39 is 0 Å². The van der Waals surface area contributed by atoms with Crippen LogP contribution in [-0.4, -0.2) is 29.6 Å². The molecule has 1 N–H and O–H groups in total. The Morgan fingerprint density at radius 1 is 1.45 bits per heavy atom. The second kappa shape index (κ2) is 7.50. The molecule has 0 aromatic heterocycles. The topological polar surface area (TPSA) is 64.4 Å². The van der Waals surface area contributed by atoms with E-state index in [4.69, 9.17) is 4.74 Å². The van der Waals surface area contributed by atoms with Crippen LogP contribution < -0.4 is 10.1 Å². The second-order valence-electron chi connectivity index (χ2n) is 4.92. The number of ether oxygens (including phenoxy) is 1. The van der Waals surface area contributed by atoms with Crippen LogP contribution in [0.25, 0.3) is 0 Å². The van der Waals surface area contributed by atoms with Crippen molar-refractivity contribution in [2.24, 2.45) is 0 Å². The molecule has 1 atom stereocenters. The van der Waals surface area contributed by atoms with E-state index in [2.05, 4.69) is 5.32 Å². The van der Waals surface area contributed by atoms with Gasteiger partial charge < -0.3 is 10.1 Å². The summed E-state index contributed by atoms with van der Waals surface area (Å²) in [6.45, 7) is 1.59. The highest BCUT2D eigenvalue weighted by atomic mass is 32.2. The summed E-state index contributed by atoms with van der Waals surface area (Å²) >= 11 is 2.02. The average molecular weight is 296 g/mol. The molecule has 1 aromatic carbocycles. The molecular weight excluding hydrogens is 276 g/mol. The number of hydrogen-bond donors (Lipinski definition) is 1. The van der Waals surface area contributed by atoms with Gasteiger partial charge in [0.25, 0.3) is 5.69 Å². The number of nitro groups is 1. The molecule has 0 amide bonds. The van der Waals surface area contributed by atoms with Gasteiger partial charge in [0.1, 0.15) is 5.75 Å². The van der Waals surface area contributed by atoms with Gasteiger partial charge in [-0.2, -0.15) is 11.8 Å². The van der Waals surface area contributed by atoms with Crippen LogP contribution >= 0.6 is 11.8 Å². The molecule has 1 aliphatic rings. The van der Waals surface area contributed by atoms with Crippen molar-refractivity contribution in [2.45, 2.75) is 31.1 Å². The number of thioether (sulfide) groups is 1. The predicted octanol–water partition coefficient (Wildman–Crippen LogP) is 2.98. The van der Waals surface area contributed by atoms with E-state index in [1.165, 1.54) is 38.2 Å². The minimum atomic E-state index is -0.386. The van der Waals surface area contributed by atoms with Crippen molar-refractivity contribution in [3.63, 3.8) is 0 Å². The van der Waals surface area contributed by atoms with E-state index in [1.807, 2.05) is 17.8 Å². The lowest BCUT2D eigenvalue weighted by Crippen LogP contribution is -2.26. The number of methoxy groups -OCH3 is 1. The van der Waals surface area contributed by atoms with E-state index in [9.17, 15) is 10.1 Å². The molecule has 2 rings (SSSR count). The fourth-order valence-corrected chi connectivity index (χ4v) is 3.59. The van der Waals surface area contributed by atoms with Crippen molar-refractivity contribution in [2.75, 3.05) is 19.4 Å². The standard InChI is InChI=1S/C14H20N2O3S/c1-19-13-7-11(6-12(8-13)16(17)18)9-15-10-14-4-2-3-5-20-14/h6-8,14-15H,2-5,9-10H2,1H3. The molecule has 1 fully saturated rings. The molecule has 0 radical (unpaired) electrons. The summed E-state index contributed by atoms with van der Waals surface area (Å²) in [4.78, 5) is 10.5. The molecule has 6 heteroatoms. The van der Waals surface area contributed by atoms with Gasteiger partial charge in [0.05, 0.1) is 18.1 Å². The molecule has 1 aromatic rings. The zero-order valence-corrected chi connectivity index (χ0v) is 12.4. The van der Waals surface area contributed by atoms with Crippen molar-refractivity contribution in [3.05, 3.63) is 33.9 Å². The lowest BCUT2D eigenvalue weighted by atomic mass is 10.1. The smallest absolute Gasteiger partial charge is 0.273 e. The van der Waals surface area contributed by atoms with Crippen molar-refractivity contribution in [3.8, 4) is 5.75 Å². The summed E-state index contributed by atoms with van der Waals surface area (Å²) in [5, 5.41) is 14.9. The molecule has 0 spiro atoms. The molecule has 0 saturated carbocycles. The van der Waals surface area contributed by atoms with Gasteiger partial charge in [-0.05, 0) is 30.2 Å². The van der Waals surface area contributed by atoms with Crippen LogP contribution in [0.4, 0.5) is 5.69 Å². The molecular formula is C14H20N2O3S. The average Bonchev–Trinajstić information content (AvgIpc) is 2.48. The van der Waals surface area contributed by atoms with E-state index in [-0.39, 0.29) is 10.6 Å². The number of nitro benzene ring substituents is 1. The van der Waals surface area contributed by atoms with Crippen LogP contribution in [0.15, 0.2) is 18.2 Å². The minimum Gasteiger partial charge on any atom is -0.496 e. The maximum Gasteiger partial charge on any atom is 0.273 e. The number of nitrogens with one attached hydrogen (secondary N) is 1. The summed E-state index contributed by atoms with van der Waals surface area (Å²) in [6.07, 6.45) is 3.89. The first kappa shape index (κ1) is 15.1. The third-order valence-corrected chi connectivity index (χ3v) is 4.77. The fraction of sp³-hybridized carbons (Fsp3) is 0.571. The molecule has 1 saturated heterocycles. The fourth-order valence-electron chi connectivity index (χ4n) is 2.31. The highest BCUT2D eigenvalue weighted by Gasteiger charge is 2.14. The molecule has 1 heterocycles. The van der Waals surface area contributed by atoms with E-state index in [0.717, 1.165) is 12.1 Å². The Bertz CT molecular complexity index is 462. The zero-order valence-electron chi connectivity index (χ0n) is 11.6. The number of benzene rings is 1. The highest BCUT2D eigenvalue weighted by Crippen LogP contribution is 2.25. The summed E-state index contributed by atoms with van der Waals surface area (Å²) in [5.74, 6) is 1.78. The minimum absolute atomic E-state index is 0.0770. The molecule has 0 aliphatic carbocycles. The van der Waals surface area contributed by atoms with E-state index in [0.29, 0.717) is 17.5 Å². The van der Waals surface area contributed by atoms with Crippen LogP contribution in [-0.2, 0) is 6.54 Å². The first-order valence-corrected chi connectivity index (χ1v) is 7.88. The Morgan fingerprint density at radius 3 is 2.95 bits per heavy atom. The quantitative estimate of drug-likeness (QED) is 0.646. The lowest BCUT2D eigenvalue weighted by Gasteiger charge is -2.21. The van der Waals surface area contributed by atoms with Crippen molar-refractivity contribution >= 4 is 17.4 Å². The van der Waals surface area contributed by atoms with Crippen LogP contribution in [0.3, 0.4) is 0 Å². The van der Waals surface area contributed by atoms with Gasteiger partial charge in [0.2, 0.25) is 0 Å². The van der Waals surface area contributed by atoms with Gasteiger partial charge in [0, 0.05) is 24.4 Å². The normalized spacial score (nSPS) is 18.8. The Morgan fingerprint density at radius 2 is 2.30 bits per heavy atom. The molecule has 5 nitrogen and oxygen atoms in total. The molecule has 0 bridgehead atoms. The maximum atomic E-state index is 10.9. The third-order valence-electron chi connectivity index (χ3n) is 3.37. The van der Waals surface area contributed by atoms with Crippen molar-refractivity contribution in [1.82, 2.24) is 5.32 Å². The second-order valence-corrected chi connectivity index (χ2v) is 6.32. The SMILES string of the molecule is COc1cc(CNCC2CCCCS2)cc([N+](=O)[O-])c1. The molecule has 20 heavy (non-hydrogen) atoms. The van der Waals surface area contributed by atoms with Crippen LogP contribution in [0.5, 0.6) is 5.75 Å². The Hall–Kier alpha value is -1.27. The summed E-state index contributed by atoms with van der Waals surface area (Å²) in [6, 6.07) is 4.89. The number of rotatable bonds is 6. The van der Waals surface area contributed by atoms with Gasteiger partial charge in [-0.15, -0.1) is 0 Å². The predicted molar refractivity (Wildman–Crippen MR) is 81.5 cm³/mol. The van der Waals surface area contributed by atoms with Crippen molar-refractivity contribution < 1.29 is 9.66 Å². The van der Waals surface area contributed by atoms with Gasteiger partial charge >= 0.3 is 0 Å². The van der Waals surface area contributed by atoms with Crippen LogP contribution in [0.2, 0.25) is 0 Å². The molecule has 1 aliphatic heterocycles. The number of hydrogen-bond acceptors (Lipinski definition) is 5. The Labute approximate surface area is 123 Å². The summed E-state index contributed by atoms with van der Waals surface area (Å²) in [5.41, 5.74) is 0.963. The van der Waals surface area contributed by atoms with Gasteiger partial charge in [0.15, 0.2) is 0 Å². The van der Waals surface area contributed by atoms with Crippen LogP contribution in [0, 0.1) is 10.1 Å². The lowest BCUT2D eigenvalue weighted by molar-refractivity contribution is -0.385. The first-order valence-electron chi connectivity index (χ1n) is 6.83. The van der Waals surface area contributed by atoms with Gasteiger partial charge in [-0.1, -0.05) is 6.42 Å². The van der Waals surface area contributed by atoms with Crippen LogP contribution in [0.1, 0.15) is 24.8 Å². The Balaban J connectivity index is 1.91. The molecule has 110 valence electrons. The van der Waals surface area contributed by atoms with Crippen molar-refractivity contribution in [1.29, 1.82) is 0 Å². The monoisotopic (exact) mass is 296 g/mol. The third kappa shape index (κ3) is 4.38. The first-order chi connectivity index (χ1) is 9.69. The van der Waals surface area contributed by atoms with E-state index >= 15 is 0 Å². The Kier molecular flexibility index (Phi) is 5.67. The molecule has 1 unspecified atom stereocenters. The maximum absolute atomic E-state index is 10.9. The van der Waals surface area contributed by atoms with Gasteiger partial charge in [-0.25, -0.2) is 0 Å². The summed E-state index contributed by atoms with van der Waals surface area (Å²) in [7, 11) is 1.52. The van der Waals surface area contributed by atoms with E-state index in [1.54, 1.807) is 6.07 Å². The zero-order chi connectivity index (χ0) is 14.4. The van der Waals surface area contributed by atoms with Gasteiger partial charge in [-0.3, -0.25) is 10.1 Å². The largest absolute Gasteiger partial charge is 0.496 e. The highest BCUT2D eigenvalue weighted by molar-refractivity contribution is 7.99. The summed E-state index contributed by atoms with van der Waals surface area (Å²) < 4.78 is 5.11.